The largest absolute Gasteiger partial charge is 0.507 e. The van der Waals surface area contributed by atoms with Gasteiger partial charge in [-0.25, -0.2) is 0 Å². The van der Waals surface area contributed by atoms with E-state index in [1.807, 2.05) is 12.1 Å². The minimum atomic E-state index is 0.106. The average molecular weight is 310 g/mol. The summed E-state index contributed by atoms with van der Waals surface area (Å²) in [5.41, 5.74) is 1.07. The maximum atomic E-state index is 9.53. The van der Waals surface area contributed by atoms with Gasteiger partial charge in [0, 0.05) is 32.2 Å². The van der Waals surface area contributed by atoms with Gasteiger partial charge in [0.05, 0.1) is 17.0 Å². The Hall–Kier alpha value is -1.09. The van der Waals surface area contributed by atoms with E-state index < -0.39 is 0 Å². The molecular formula is C13H16BrN3O. The van der Waals surface area contributed by atoms with Crippen LogP contribution in [0.15, 0.2) is 22.7 Å². The Bertz CT molecular complexity index is 452. The van der Waals surface area contributed by atoms with E-state index in [9.17, 15) is 5.11 Å². The molecule has 1 heterocycles. The lowest BCUT2D eigenvalue weighted by Crippen LogP contribution is -2.45. The third-order valence-corrected chi connectivity index (χ3v) is 3.87. The van der Waals surface area contributed by atoms with Crippen LogP contribution in [-0.4, -0.2) is 36.2 Å². The second kappa shape index (κ2) is 6.19. The quantitative estimate of drug-likeness (QED) is 0.897. The highest BCUT2D eigenvalue weighted by Crippen LogP contribution is 2.31. The van der Waals surface area contributed by atoms with Crippen molar-refractivity contribution in [3.8, 4) is 11.8 Å². The SMILES string of the molecule is N#CC[C@H](c1ccc(O)c(Br)c1)N1CCNCC1. The number of nitriles is 1. The van der Waals surface area contributed by atoms with Crippen LogP contribution < -0.4 is 5.32 Å². The zero-order valence-electron chi connectivity index (χ0n) is 10.1. The molecule has 1 saturated heterocycles. The van der Waals surface area contributed by atoms with Crippen molar-refractivity contribution in [1.82, 2.24) is 10.2 Å². The van der Waals surface area contributed by atoms with E-state index in [1.165, 1.54) is 0 Å². The van der Waals surface area contributed by atoms with Crippen molar-refractivity contribution in [2.45, 2.75) is 12.5 Å². The molecule has 1 aromatic carbocycles. The topological polar surface area (TPSA) is 59.3 Å². The maximum absolute atomic E-state index is 9.53. The number of phenols is 1. The van der Waals surface area contributed by atoms with Crippen LogP contribution in [0.3, 0.4) is 0 Å². The molecule has 0 aromatic heterocycles. The first-order chi connectivity index (χ1) is 8.72. The summed E-state index contributed by atoms with van der Waals surface area (Å²) < 4.78 is 0.679. The van der Waals surface area contributed by atoms with Gasteiger partial charge in [-0.15, -0.1) is 0 Å². The molecule has 1 aliphatic rings. The minimum Gasteiger partial charge on any atom is -0.507 e. The summed E-state index contributed by atoms with van der Waals surface area (Å²) in [5, 5.41) is 21.8. The molecule has 1 aromatic rings. The van der Waals surface area contributed by atoms with Crippen LogP contribution in [0.4, 0.5) is 0 Å². The molecular weight excluding hydrogens is 294 g/mol. The first-order valence-electron chi connectivity index (χ1n) is 6.02. The molecule has 5 heteroatoms. The summed E-state index contributed by atoms with van der Waals surface area (Å²) in [6.07, 6.45) is 0.469. The van der Waals surface area contributed by atoms with Crippen LogP contribution in [0, 0.1) is 11.3 Å². The zero-order valence-corrected chi connectivity index (χ0v) is 11.7. The maximum Gasteiger partial charge on any atom is 0.129 e. The van der Waals surface area contributed by atoms with Crippen molar-refractivity contribution < 1.29 is 5.11 Å². The van der Waals surface area contributed by atoms with Crippen LogP contribution in [0.25, 0.3) is 0 Å². The number of hydrogen-bond donors (Lipinski definition) is 2. The number of aromatic hydroxyl groups is 1. The molecule has 0 aliphatic carbocycles. The predicted molar refractivity (Wildman–Crippen MR) is 73.2 cm³/mol. The fraction of sp³-hybridized carbons (Fsp3) is 0.462. The molecule has 0 unspecified atom stereocenters. The van der Waals surface area contributed by atoms with Gasteiger partial charge < -0.3 is 10.4 Å². The smallest absolute Gasteiger partial charge is 0.129 e. The third-order valence-electron chi connectivity index (χ3n) is 3.23. The molecule has 0 spiro atoms. The van der Waals surface area contributed by atoms with Crippen molar-refractivity contribution in [3.63, 3.8) is 0 Å². The lowest BCUT2D eigenvalue weighted by molar-refractivity contribution is 0.175. The highest BCUT2D eigenvalue weighted by molar-refractivity contribution is 9.10. The average Bonchev–Trinajstić information content (AvgIpc) is 2.40. The monoisotopic (exact) mass is 309 g/mol. The van der Waals surface area contributed by atoms with Gasteiger partial charge >= 0.3 is 0 Å². The fourth-order valence-electron chi connectivity index (χ4n) is 2.27. The van der Waals surface area contributed by atoms with Crippen LogP contribution in [-0.2, 0) is 0 Å². The molecule has 1 aliphatic heterocycles. The molecule has 18 heavy (non-hydrogen) atoms. The van der Waals surface area contributed by atoms with Gasteiger partial charge in [0.1, 0.15) is 5.75 Å². The molecule has 1 atom stereocenters. The lowest BCUT2D eigenvalue weighted by Gasteiger charge is -2.34. The Morgan fingerprint density at radius 2 is 2.17 bits per heavy atom. The molecule has 0 saturated carbocycles. The van der Waals surface area contributed by atoms with Crippen molar-refractivity contribution in [1.29, 1.82) is 5.26 Å². The van der Waals surface area contributed by atoms with E-state index in [-0.39, 0.29) is 11.8 Å². The molecule has 4 nitrogen and oxygen atoms in total. The normalized spacial score (nSPS) is 18.2. The summed E-state index contributed by atoms with van der Waals surface area (Å²) in [5.74, 6) is 0.231. The first kappa shape index (κ1) is 13.3. The van der Waals surface area contributed by atoms with Crippen LogP contribution >= 0.6 is 15.9 Å². The molecule has 0 amide bonds. The van der Waals surface area contributed by atoms with Gasteiger partial charge in [0.2, 0.25) is 0 Å². The van der Waals surface area contributed by atoms with E-state index in [0.717, 1.165) is 31.7 Å². The zero-order chi connectivity index (χ0) is 13.0. The van der Waals surface area contributed by atoms with Crippen molar-refractivity contribution >= 4 is 15.9 Å². The summed E-state index contributed by atoms with van der Waals surface area (Å²) >= 11 is 3.33. The van der Waals surface area contributed by atoms with Gasteiger partial charge in [0.25, 0.3) is 0 Å². The second-order valence-electron chi connectivity index (χ2n) is 4.37. The van der Waals surface area contributed by atoms with Crippen molar-refractivity contribution in [2.75, 3.05) is 26.2 Å². The van der Waals surface area contributed by atoms with Crippen molar-refractivity contribution in [3.05, 3.63) is 28.2 Å². The Morgan fingerprint density at radius 1 is 1.44 bits per heavy atom. The molecule has 0 bridgehead atoms. The van der Waals surface area contributed by atoms with Crippen LogP contribution in [0.1, 0.15) is 18.0 Å². The Balaban J connectivity index is 2.22. The van der Waals surface area contributed by atoms with E-state index in [0.29, 0.717) is 10.9 Å². The van der Waals surface area contributed by atoms with Gasteiger partial charge in [-0.2, -0.15) is 5.26 Å². The number of halogens is 1. The van der Waals surface area contributed by atoms with Crippen LogP contribution in [0.2, 0.25) is 0 Å². The molecule has 2 N–H and O–H groups in total. The van der Waals surface area contributed by atoms with E-state index in [4.69, 9.17) is 5.26 Å². The van der Waals surface area contributed by atoms with Crippen molar-refractivity contribution in [2.24, 2.45) is 0 Å². The van der Waals surface area contributed by atoms with E-state index >= 15 is 0 Å². The number of rotatable bonds is 3. The molecule has 1 fully saturated rings. The number of nitrogens with zero attached hydrogens (tertiary/aromatic N) is 2. The van der Waals surface area contributed by atoms with Gasteiger partial charge in [-0.05, 0) is 33.6 Å². The molecule has 2 rings (SSSR count). The number of benzene rings is 1. The third kappa shape index (κ3) is 3.02. The number of piperazine rings is 1. The lowest BCUT2D eigenvalue weighted by atomic mass is 10.0. The Kier molecular flexibility index (Phi) is 4.59. The van der Waals surface area contributed by atoms with Gasteiger partial charge in [-0.3, -0.25) is 4.90 Å². The van der Waals surface area contributed by atoms with Gasteiger partial charge in [-0.1, -0.05) is 6.07 Å². The molecule has 96 valence electrons. The van der Waals surface area contributed by atoms with E-state index in [1.54, 1.807) is 6.07 Å². The first-order valence-corrected chi connectivity index (χ1v) is 6.82. The minimum absolute atomic E-state index is 0.106. The second-order valence-corrected chi connectivity index (χ2v) is 5.23. The number of phenolic OH excluding ortho intramolecular Hbond substituents is 1. The number of nitrogens with one attached hydrogen (secondary N) is 1. The molecule has 0 radical (unpaired) electrons. The van der Waals surface area contributed by atoms with Gasteiger partial charge in [0.15, 0.2) is 0 Å². The summed E-state index contributed by atoms with van der Waals surface area (Å²) in [4.78, 5) is 2.32. The highest BCUT2D eigenvalue weighted by atomic mass is 79.9. The predicted octanol–water partition coefficient (Wildman–Crippen LogP) is 2.01. The van der Waals surface area contributed by atoms with E-state index in [2.05, 4.69) is 32.2 Å². The summed E-state index contributed by atoms with van der Waals surface area (Å²) in [7, 11) is 0. The fourth-order valence-corrected chi connectivity index (χ4v) is 2.66. The standard InChI is InChI=1S/C13H16BrN3O/c14-11-9-10(1-2-13(11)18)12(3-4-15)17-7-5-16-6-8-17/h1-2,9,12,16,18H,3,5-8H2/t12-/m1/s1. The summed E-state index contributed by atoms with van der Waals surface area (Å²) in [6.45, 7) is 3.82. The van der Waals surface area contributed by atoms with Crippen LogP contribution in [0.5, 0.6) is 5.75 Å². The summed E-state index contributed by atoms with van der Waals surface area (Å²) in [6, 6.07) is 7.83. The Morgan fingerprint density at radius 3 is 2.78 bits per heavy atom. The highest BCUT2D eigenvalue weighted by Gasteiger charge is 2.22. The Labute approximate surface area is 115 Å². The number of hydrogen-bond acceptors (Lipinski definition) is 4.